The molecule has 3 atom stereocenters. The Hall–Kier alpha value is -0.590. The second-order valence-corrected chi connectivity index (χ2v) is 7.18. The minimum atomic E-state index is -0.335. The molecule has 0 aromatic heterocycles. The molecular weight excluding hydrogens is 260 g/mol. The fourth-order valence-corrected chi connectivity index (χ4v) is 3.51. The highest BCUT2D eigenvalue weighted by Gasteiger charge is 2.32. The van der Waals surface area contributed by atoms with Crippen molar-refractivity contribution in [1.29, 1.82) is 5.26 Å². The molecule has 0 aromatic rings. The van der Waals surface area contributed by atoms with Crippen LogP contribution >= 0.6 is 0 Å². The van der Waals surface area contributed by atoms with Gasteiger partial charge in [-0.25, -0.2) is 0 Å². The monoisotopic (exact) mass is 292 g/mol. The molecule has 2 fully saturated rings. The van der Waals surface area contributed by atoms with Crippen LogP contribution in [-0.4, -0.2) is 24.3 Å². The Labute approximate surface area is 130 Å². The maximum atomic E-state index is 9.35. The van der Waals surface area contributed by atoms with Gasteiger partial charge in [0, 0.05) is 12.6 Å². The molecule has 21 heavy (non-hydrogen) atoms. The van der Waals surface area contributed by atoms with E-state index in [4.69, 9.17) is 4.74 Å². The molecule has 2 aliphatic rings. The van der Waals surface area contributed by atoms with Gasteiger partial charge in [-0.3, -0.25) is 5.32 Å². The van der Waals surface area contributed by atoms with Crippen LogP contribution in [0.1, 0.15) is 78.1 Å². The molecule has 3 unspecified atom stereocenters. The van der Waals surface area contributed by atoms with Crippen LogP contribution < -0.4 is 5.32 Å². The summed E-state index contributed by atoms with van der Waals surface area (Å²) in [5, 5.41) is 12.8. The van der Waals surface area contributed by atoms with Crippen LogP contribution in [0.5, 0.6) is 0 Å². The summed E-state index contributed by atoms with van der Waals surface area (Å²) in [7, 11) is 0. The molecular formula is C18H32N2O. The maximum absolute atomic E-state index is 9.35. The molecule has 0 amide bonds. The van der Waals surface area contributed by atoms with Gasteiger partial charge >= 0.3 is 0 Å². The highest BCUT2D eigenvalue weighted by atomic mass is 16.5. The zero-order valence-corrected chi connectivity index (χ0v) is 13.9. The zero-order valence-electron chi connectivity index (χ0n) is 13.9. The van der Waals surface area contributed by atoms with E-state index in [1.165, 1.54) is 44.9 Å². The minimum Gasteiger partial charge on any atom is -0.378 e. The van der Waals surface area contributed by atoms with Crippen molar-refractivity contribution in [1.82, 2.24) is 5.32 Å². The summed E-state index contributed by atoms with van der Waals surface area (Å²) in [6, 6.07) is 3.05. The molecule has 0 spiro atoms. The van der Waals surface area contributed by atoms with Crippen LogP contribution in [-0.2, 0) is 4.74 Å². The molecule has 0 radical (unpaired) electrons. The first-order chi connectivity index (χ1) is 10.2. The van der Waals surface area contributed by atoms with Gasteiger partial charge in [0.25, 0.3) is 0 Å². The number of nitrogens with zero attached hydrogens (tertiary/aromatic N) is 1. The van der Waals surface area contributed by atoms with Gasteiger partial charge in [-0.1, -0.05) is 26.2 Å². The fourth-order valence-electron chi connectivity index (χ4n) is 3.51. The molecule has 0 heterocycles. The van der Waals surface area contributed by atoms with E-state index in [0.717, 1.165) is 31.8 Å². The third-order valence-electron chi connectivity index (χ3n) is 5.11. The second kappa shape index (κ2) is 8.15. The lowest BCUT2D eigenvalue weighted by molar-refractivity contribution is -0.0137. The Kier molecular flexibility index (Phi) is 6.51. The lowest BCUT2D eigenvalue weighted by Crippen LogP contribution is -2.42. The zero-order chi connectivity index (χ0) is 15.1. The third-order valence-corrected chi connectivity index (χ3v) is 5.11. The first-order valence-electron chi connectivity index (χ1n) is 8.97. The van der Waals surface area contributed by atoms with Gasteiger partial charge < -0.3 is 4.74 Å². The summed E-state index contributed by atoms with van der Waals surface area (Å²) in [5.74, 6) is 0.777. The molecule has 0 bridgehead atoms. The summed E-state index contributed by atoms with van der Waals surface area (Å²) in [4.78, 5) is 0. The number of ether oxygens (including phenoxy) is 1. The standard InChI is InChI=1S/C18H32N2O/c1-3-15-8-4-5-9-17(15)21-13-7-6-12-18(2,14-19)20-16-10-11-16/h15-17,20H,3-13H2,1-2H3. The van der Waals surface area contributed by atoms with E-state index in [2.05, 4.69) is 18.3 Å². The van der Waals surface area contributed by atoms with Crippen molar-refractivity contribution in [2.75, 3.05) is 6.61 Å². The number of nitriles is 1. The number of nitrogens with one attached hydrogen (secondary N) is 1. The van der Waals surface area contributed by atoms with Crippen molar-refractivity contribution < 1.29 is 4.74 Å². The van der Waals surface area contributed by atoms with Crippen LogP contribution in [0.15, 0.2) is 0 Å². The summed E-state index contributed by atoms with van der Waals surface area (Å²) < 4.78 is 6.12. The molecule has 2 rings (SSSR count). The summed E-state index contributed by atoms with van der Waals surface area (Å²) in [6.07, 6.45) is 12.6. The van der Waals surface area contributed by atoms with Crippen LogP contribution in [0.2, 0.25) is 0 Å². The average Bonchev–Trinajstić information content (AvgIpc) is 3.31. The van der Waals surface area contributed by atoms with Crippen molar-refractivity contribution >= 4 is 0 Å². The van der Waals surface area contributed by atoms with E-state index >= 15 is 0 Å². The average molecular weight is 292 g/mol. The largest absolute Gasteiger partial charge is 0.378 e. The van der Waals surface area contributed by atoms with Crippen molar-refractivity contribution in [2.45, 2.75) is 95.7 Å². The van der Waals surface area contributed by atoms with Gasteiger partial charge in [0.05, 0.1) is 12.2 Å². The van der Waals surface area contributed by atoms with Crippen molar-refractivity contribution in [3.8, 4) is 6.07 Å². The molecule has 2 aliphatic carbocycles. The van der Waals surface area contributed by atoms with Crippen molar-refractivity contribution in [2.24, 2.45) is 5.92 Å². The van der Waals surface area contributed by atoms with Crippen LogP contribution in [0.3, 0.4) is 0 Å². The summed E-state index contributed by atoms with van der Waals surface area (Å²) in [5.41, 5.74) is -0.335. The summed E-state index contributed by atoms with van der Waals surface area (Å²) in [6.45, 7) is 5.20. The molecule has 0 aliphatic heterocycles. The normalized spacial score (nSPS) is 28.8. The van der Waals surface area contributed by atoms with Gasteiger partial charge in [-0.15, -0.1) is 0 Å². The maximum Gasteiger partial charge on any atom is 0.104 e. The number of hydrogen-bond acceptors (Lipinski definition) is 3. The number of hydrogen-bond donors (Lipinski definition) is 1. The van der Waals surface area contributed by atoms with E-state index in [1.54, 1.807) is 0 Å². The molecule has 120 valence electrons. The Morgan fingerprint density at radius 3 is 2.62 bits per heavy atom. The second-order valence-electron chi connectivity index (χ2n) is 7.18. The fraction of sp³-hybridized carbons (Fsp3) is 0.944. The predicted octanol–water partition coefficient (Wildman–Crippen LogP) is 4.18. The molecule has 2 saturated carbocycles. The number of rotatable bonds is 9. The van der Waals surface area contributed by atoms with Crippen LogP contribution in [0, 0.1) is 17.2 Å². The summed E-state index contributed by atoms with van der Waals surface area (Å²) >= 11 is 0. The molecule has 0 saturated heterocycles. The predicted molar refractivity (Wildman–Crippen MR) is 86.0 cm³/mol. The topological polar surface area (TPSA) is 45.0 Å². The van der Waals surface area contributed by atoms with E-state index < -0.39 is 0 Å². The Balaban J connectivity index is 1.59. The molecule has 3 heteroatoms. The highest BCUT2D eigenvalue weighted by Crippen LogP contribution is 2.29. The first kappa shape index (κ1) is 16.8. The van der Waals surface area contributed by atoms with Crippen molar-refractivity contribution in [3.05, 3.63) is 0 Å². The Morgan fingerprint density at radius 1 is 1.19 bits per heavy atom. The smallest absolute Gasteiger partial charge is 0.104 e. The van der Waals surface area contributed by atoms with Gasteiger partial charge in [-0.2, -0.15) is 5.26 Å². The van der Waals surface area contributed by atoms with Crippen LogP contribution in [0.25, 0.3) is 0 Å². The molecule has 3 nitrogen and oxygen atoms in total. The molecule has 1 N–H and O–H groups in total. The minimum absolute atomic E-state index is 0.335. The lowest BCUT2D eigenvalue weighted by atomic mass is 9.85. The quantitative estimate of drug-likeness (QED) is 0.648. The lowest BCUT2D eigenvalue weighted by Gasteiger charge is -2.31. The van der Waals surface area contributed by atoms with Crippen molar-refractivity contribution in [3.63, 3.8) is 0 Å². The van der Waals surface area contributed by atoms with Gasteiger partial charge in [0.15, 0.2) is 0 Å². The van der Waals surface area contributed by atoms with E-state index in [1.807, 2.05) is 6.92 Å². The van der Waals surface area contributed by atoms with Gasteiger partial charge in [0.1, 0.15) is 5.54 Å². The van der Waals surface area contributed by atoms with Gasteiger partial charge in [-0.05, 0) is 57.8 Å². The van der Waals surface area contributed by atoms with E-state index in [0.29, 0.717) is 12.1 Å². The number of unbranched alkanes of at least 4 members (excludes halogenated alkanes) is 1. The Bertz CT molecular complexity index is 348. The highest BCUT2D eigenvalue weighted by molar-refractivity contribution is 5.06. The van der Waals surface area contributed by atoms with E-state index in [-0.39, 0.29) is 5.54 Å². The SMILES string of the molecule is CCC1CCCCC1OCCCCC(C)(C#N)NC1CC1. The van der Waals surface area contributed by atoms with Crippen LogP contribution in [0.4, 0.5) is 0 Å². The first-order valence-corrected chi connectivity index (χ1v) is 8.97. The third kappa shape index (κ3) is 5.60. The Morgan fingerprint density at radius 2 is 1.95 bits per heavy atom. The van der Waals surface area contributed by atoms with E-state index in [9.17, 15) is 5.26 Å². The van der Waals surface area contributed by atoms with Gasteiger partial charge in [0.2, 0.25) is 0 Å². The molecule has 0 aromatic carbocycles.